The molecule has 2 aromatic heterocycles. The SMILES string of the molecule is Nc1cc2ccsc2cn1. The Hall–Kier alpha value is -1.09. The molecule has 50 valence electrons. The highest BCUT2D eigenvalue weighted by Gasteiger charge is 1.93. The van der Waals surface area contributed by atoms with Crippen LogP contribution in [0.4, 0.5) is 5.82 Å². The number of anilines is 1. The minimum atomic E-state index is 0.589. The second-order valence-corrected chi connectivity index (χ2v) is 3.02. The van der Waals surface area contributed by atoms with Gasteiger partial charge in [-0.25, -0.2) is 4.98 Å². The average Bonchev–Trinajstić information content (AvgIpc) is 2.33. The van der Waals surface area contributed by atoms with Crippen LogP contribution in [0, 0.1) is 0 Å². The Morgan fingerprint density at radius 1 is 1.50 bits per heavy atom. The number of hydrogen-bond donors (Lipinski definition) is 1. The summed E-state index contributed by atoms with van der Waals surface area (Å²) in [6.07, 6.45) is 1.80. The Balaban J connectivity index is 2.86. The fraction of sp³-hybridized carbons (Fsp3) is 0. The summed E-state index contributed by atoms with van der Waals surface area (Å²) in [7, 11) is 0. The molecule has 0 saturated heterocycles. The van der Waals surface area contributed by atoms with Gasteiger partial charge in [-0.2, -0.15) is 0 Å². The first-order valence-corrected chi connectivity index (χ1v) is 3.83. The summed E-state index contributed by atoms with van der Waals surface area (Å²) in [5.41, 5.74) is 5.48. The minimum absolute atomic E-state index is 0.589. The van der Waals surface area contributed by atoms with Crippen molar-refractivity contribution in [1.82, 2.24) is 4.98 Å². The number of fused-ring (bicyclic) bond motifs is 1. The van der Waals surface area contributed by atoms with E-state index in [2.05, 4.69) is 4.98 Å². The van der Waals surface area contributed by atoms with E-state index >= 15 is 0 Å². The number of aromatic nitrogens is 1. The Morgan fingerprint density at radius 3 is 3.30 bits per heavy atom. The molecule has 0 unspecified atom stereocenters. The lowest BCUT2D eigenvalue weighted by Gasteiger charge is -1.89. The summed E-state index contributed by atoms with van der Waals surface area (Å²) in [6, 6.07) is 3.92. The molecule has 0 radical (unpaired) electrons. The molecular weight excluding hydrogens is 144 g/mol. The van der Waals surface area contributed by atoms with Gasteiger partial charge in [0.2, 0.25) is 0 Å². The molecule has 0 atom stereocenters. The van der Waals surface area contributed by atoms with Gasteiger partial charge in [0.15, 0.2) is 0 Å². The second kappa shape index (κ2) is 1.95. The lowest BCUT2D eigenvalue weighted by molar-refractivity contribution is 1.38. The molecule has 10 heavy (non-hydrogen) atoms. The van der Waals surface area contributed by atoms with Crippen LogP contribution in [0.5, 0.6) is 0 Å². The smallest absolute Gasteiger partial charge is 0.123 e. The highest BCUT2D eigenvalue weighted by atomic mass is 32.1. The first kappa shape index (κ1) is 5.68. The van der Waals surface area contributed by atoms with Crippen LogP contribution < -0.4 is 5.73 Å². The van der Waals surface area contributed by atoms with Crippen LogP contribution in [-0.4, -0.2) is 4.98 Å². The van der Waals surface area contributed by atoms with E-state index in [0.717, 1.165) is 0 Å². The number of rotatable bonds is 0. The van der Waals surface area contributed by atoms with Crippen LogP contribution >= 0.6 is 11.3 Å². The summed E-state index contributed by atoms with van der Waals surface area (Å²) < 4.78 is 1.19. The number of thiophene rings is 1. The van der Waals surface area contributed by atoms with Gasteiger partial charge in [0, 0.05) is 6.20 Å². The monoisotopic (exact) mass is 150 g/mol. The standard InChI is InChI=1S/C7H6N2S/c8-7-3-5-1-2-10-6(5)4-9-7/h1-4H,(H2,8,9). The van der Waals surface area contributed by atoms with E-state index in [9.17, 15) is 0 Å². The number of pyridine rings is 1. The fourth-order valence-corrected chi connectivity index (χ4v) is 1.62. The molecule has 0 bridgehead atoms. The molecule has 0 amide bonds. The Labute approximate surface area is 62.3 Å². The first-order chi connectivity index (χ1) is 4.86. The normalized spacial score (nSPS) is 10.4. The maximum absolute atomic E-state index is 5.48. The van der Waals surface area contributed by atoms with Crippen molar-refractivity contribution in [2.45, 2.75) is 0 Å². The van der Waals surface area contributed by atoms with E-state index in [4.69, 9.17) is 5.73 Å². The van der Waals surface area contributed by atoms with Crippen LogP contribution in [0.15, 0.2) is 23.7 Å². The lowest BCUT2D eigenvalue weighted by atomic mass is 10.3. The van der Waals surface area contributed by atoms with Crippen molar-refractivity contribution in [1.29, 1.82) is 0 Å². The molecule has 0 aromatic carbocycles. The lowest BCUT2D eigenvalue weighted by Crippen LogP contribution is -1.86. The predicted octanol–water partition coefficient (Wildman–Crippen LogP) is 1.88. The Bertz CT molecular complexity index is 353. The molecule has 0 fully saturated rings. The largest absolute Gasteiger partial charge is 0.384 e. The summed E-state index contributed by atoms with van der Waals surface area (Å²) >= 11 is 1.68. The van der Waals surface area contributed by atoms with Crippen LogP contribution in [-0.2, 0) is 0 Å². The molecule has 2 nitrogen and oxygen atoms in total. The third-order valence-corrected chi connectivity index (χ3v) is 2.23. The van der Waals surface area contributed by atoms with Gasteiger partial charge in [-0.15, -0.1) is 11.3 Å². The Kier molecular flexibility index (Phi) is 1.11. The van der Waals surface area contributed by atoms with Gasteiger partial charge in [0.25, 0.3) is 0 Å². The van der Waals surface area contributed by atoms with E-state index in [-0.39, 0.29) is 0 Å². The van der Waals surface area contributed by atoms with Gasteiger partial charge in [-0.1, -0.05) is 0 Å². The molecule has 0 aliphatic rings. The van der Waals surface area contributed by atoms with Crippen molar-refractivity contribution in [3.63, 3.8) is 0 Å². The zero-order chi connectivity index (χ0) is 6.97. The molecule has 0 spiro atoms. The molecule has 2 rings (SSSR count). The van der Waals surface area contributed by atoms with Crippen molar-refractivity contribution in [3.05, 3.63) is 23.7 Å². The number of nitrogens with zero attached hydrogens (tertiary/aromatic N) is 1. The third-order valence-electron chi connectivity index (χ3n) is 1.36. The zero-order valence-corrected chi connectivity index (χ0v) is 6.06. The van der Waals surface area contributed by atoms with Crippen LogP contribution in [0.25, 0.3) is 10.1 Å². The van der Waals surface area contributed by atoms with E-state index < -0.39 is 0 Å². The molecule has 2 N–H and O–H groups in total. The quantitative estimate of drug-likeness (QED) is 0.622. The predicted molar refractivity (Wildman–Crippen MR) is 44.0 cm³/mol. The van der Waals surface area contributed by atoms with Crippen molar-refractivity contribution in [2.24, 2.45) is 0 Å². The Morgan fingerprint density at radius 2 is 2.40 bits per heavy atom. The van der Waals surface area contributed by atoms with Crippen molar-refractivity contribution >= 4 is 27.2 Å². The number of nitrogens with two attached hydrogens (primary N) is 1. The van der Waals surface area contributed by atoms with Crippen LogP contribution in [0.1, 0.15) is 0 Å². The number of nitrogen functional groups attached to an aromatic ring is 1. The summed E-state index contributed by atoms with van der Waals surface area (Å²) in [4.78, 5) is 3.97. The molecule has 2 aromatic rings. The van der Waals surface area contributed by atoms with Crippen molar-refractivity contribution in [2.75, 3.05) is 5.73 Å². The molecule has 2 heterocycles. The molecule has 0 aliphatic heterocycles. The van der Waals surface area contributed by atoms with Crippen molar-refractivity contribution in [3.8, 4) is 0 Å². The van der Waals surface area contributed by atoms with Gasteiger partial charge in [-0.05, 0) is 22.9 Å². The third kappa shape index (κ3) is 0.752. The van der Waals surface area contributed by atoms with E-state index in [1.165, 1.54) is 10.1 Å². The topological polar surface area (TPSA) is 38.9 Å². The molecular formula is C7H6N2S. The maximum atomic E-state index is 5.48. The van der Waals surface area contributed by atoms with Gasteiger partial charge < -0.3 is 5.73 Å². The summed E-state index contributed by atoms with van der Waals surface area (Å²) in [6.45, 7) is 0. The maximum Gasteiger partial charge on any atom is 0.123 e. The van der Waals surface area contributed by atoms with Crippen LogP contribution in [0.3, 0.4) is 0 Å². The van der Waals surface area contributed by atoms with Gasteiger partial charge in [0.05, 0.1) is 4.70 Å². The molecule has 0 aliphatic carbocycles. The zero-order valence-electron chi connectivity index (χ0n) is 5.24. The minimum Gasteiger partial charge on any atom is -0.384 e. The van der Waals surface area contributed by atoms with Crippen molar-refractivity contribution < 1.29 is 0 Å². The highest BCUT2D eigenvalue weighted by molar-refractivity contribution is 7.17. The molecule has 3 heteroatoms. The van der Waals surface area contributed by atoms with Gasteiger partial charge >= 0.3 is 0 Å². The second-order valence-electron chi connectivity index (χ2n) is 2.07. The fourth-order valence-electron chi connectivity index (χ4n) is 0.885. The van der Waals surface area contributed by atoms with Gasteiger partial charge in [0.1, 0.15) is 5.82 Å². The average molecular weight is 150 g/mol. The van der Waals surface area contributed by atoms with Gasteiger partial charge in [-0.3, -0.25) is 0 Å². The van der Waals surface area contributed by atoms with E-state index in [1.54, 1.807) is 17.5 Å². The molecule has 0 saturated carbocycles. The van der Waals surface area contributed by atoms with E-state index in [1.807, 2.05) is 17.5 Å². The van der Waals surface area contributed by atoms with Crippen LogP contribution in [0.2, 0.25) is 0 Å². The summed E-state index contributed by atoms with van der Waals surface area (Å²) in [5.74, 6) is 0.589. The summed E-state index contributed by atoms with van der Waals surface area (Å²) in [5, 5.41) is 3.21. The first-order valence-electron chi connectivity index (χ1n) is 2.95. The highest BCUT2D eigenvalue weighted by Crippen LogP contribution is 2.20. The van der Waals surface area contributed by atoms with E-state index in [0.29, 0.717) is 5.82 Å². The number of hydrogen-bond acceptors (Lipinski definition) is 3.